The summed E-state index contributed by atoms with van der Waals surface area (Å²) >= 11 is 0. The fraction of sp³-hybridized carbons (Fsp3) is 0.833. The molecule has 2 bridgehead atoms. The molecule has 0 heterocycles. The van der Waals surface area contributed by atoms with Gasteiger partial charge in [0.05, 0.1) is 5.60 Å². The Hall–Kier alpha value is -0.340. The molecule has 4 atom stereocenters. The minimum Gasteiger partial charge on any atom is -0.396 e. The highest BCUT2D eigenvalue weighted by atomic mass is 16.3. The lowest BCUT2D eigenvalue weighted by Gasteiger charge is -2.39. The number of aliphatic hydroxyl groups is 2. The van der Waals surface area contributed by atoms with Crippen LogP contribution in [0.25, 0.3) is 0 Å². The molecule has 0 aromatic heterocycles. The summed E-state index contributed by atoms with van der Waals surface area (Å²) in [4.78, 5) is 0. The lowest BCUT2D eigenvalue weighted by molar-refractivity contribution is 0.0480. The van der Waals surface area contributed by atoms with Gasteiger partial charge in [-0.15, -0.1) is 0 Å². The number of fused-ring (bicyclic) bond motifs is 1. The fourth-order valence-corrected chi connectivity index (χ4v) is 3.79. The summed E-state index contributed by atoms with van der Waals surface area (Å²) in [5, 5.41) is 19.5. The van der Waals surface area contributed by atoms with E-state index in [0.717, 1.165) is 12.8 Å². The van der Waals surface area contributed by atoms with E-state index < -0.39 is 5.60 Å². The molecule has 2 saturated carbocycles. The van der Waals surface area contributed by atoms with Crippen LogP contribution >= 0.6 is 0 Å². The Bertz CT molecular complexity index is 305. The SMILES string of the molecule is CC1(O)C=C2CC3(CCC2CO)CC13. The van der Waals surface area contributed by atoms with Crippen molar-refractivity contribution in [1.29, 1.82) is 0 Å². The van der Waals surface area contributed by atoms with Gasteiger partial charge in [-0.2, -0.15) is 0 Å². The second-order valence-corrected chi connectivity index (χ2v) is 5.66. The second kappa shape index (κ2) is 2.42. The fourth-order valence-electron chi connectivity index (χ4n) is 3.79. The van der Waals surface area contributed by atoms with Crippen molar-refractivity contribution in [1.82, 2.24) is 0 Å². The van der Waals surface area contributed by atoms with E-state index in [1.807, 2.05) is 13.0 Å². The molecule has 2 nitrogen and oxygen atoms in total. The van der Waals surface area contributed by atoms with Crippen LogP contribution in [0.5, 0.6) is 0 Å². The molecule has 1 spiro atoms. The Kier molecular flexibility index (Phi) is 1.54. The highest BCUT2D eigenvalue weighted by Gasteiger charge is 2.64. The first-order valence-corrected chi connectivity index (χ1v) is 5.62. The van der Waals surface area contributed by atoms with Gasteiger partial charge < -0.3 is 10.2 Å². The average molecular weight is 194 g/mol. The highest BCUT2D eigenvalue weighted by molar-refractivity contribution is 5.32. The van der Waals surface area contributed by atoms with Crippen LogP contribution in [0.3, 0.4) is 0 Å². The van der Waals surface area contributed by atoms with E-state index in [4.69, 9.17) is 0 Å². The van der Waals surface area contributed by atoms with Crippen LogP contribution in [-0.4, -0.2) is 22.4 Å². The van der Waals surface area contributed by atoms with Gasteiger partial charge in [0.25, 0.3) is 0 Å². The third-order valence-corrected chi connectivity index (χ3v) is 4.66. The Morgan fingerprint density at radius 2 is 2.36 bits per heavy atom. The van der Waals surface area contributed by atoms with Gasteiger partial charge in [0, 0.05) is 12.5 Å². The summed E-state index contributed by atoms with van der Waals surface area (Å²) in [6.45, 7) is 2.18. The van der Waals surface area contributed by atoms with Crippen LogP contribution in [0.1, 0.15) is 32.6 Å². The van der Waals surface area contributed by atoms with E-state index >= 15 is 0 Å². The van der Waals surface area contributed by atoms with E-state index in [0.29, 0.717) is 17.3 Å². The molecule has 0 aromatic rings. The smallest absolute Gasteiger partial charge is 0.0836 e. The highest BCUT2D eigenvalue weighted by Crippen LogP contribution is 2.69. The molecule has 0 radical (unpaired) electrons. The van der Waals surface area contributed by atoms with Gasteiger partial charge >= 0.3 is 0 Å². The maximum atomic E-state index is 10.2. The van der Waals surface area contributed by atoms with E-state index in [1.165, 1.54) is 18.4 Å². The first-order valence-electron chi connectivity index (χ1n) is 5.62. The van der Waals surface area contributed by atoms with Crippen LogP contribution in [0.2, 0.25) is 0 Å². The van der Waals surface area contributed by atoms with Gasteiger partial charge in [-0.1, -0.05) is 11.6 Å². The van der Waals surface area contributed by atoms with Crippen molar-refractivity contribution in [3.8, 4) is 0 Å². The third-order valence-electron chi connectivity index (χ3n) is 4.66. The minimum atomic E-state index is -0.596. The lowest BCUT2D eigenvalue weighted by Crippen LogP contribution is -2.36. The van der Waals surface area contributed by atoms with Crippen LogP contribution in [0.15, 0.2) is 11.6 Å². The van der Waals surface area contributed by atoms with Gasteiger partial charge in [-0.3, -0.25) is 0 Å². The maximum absolute atomic E-state index is 10.2. The molecule has 0 amide bonds. The average Bonchev–Trinajstić information content (AvgIpc) is 2.80. The van der Waals surface area contributed by atoms with Gasteiger partial charge in [-0.05, 0) is 43.9 Å². The first-order chi connectivity index (χ1) is 6.57. The molecule has 2 N–H and O–H groups in total. The Morgan fingerprint density at radius 3 is 3.07 bits per heavy atom. The summed E-state index contributed by atoms with van der Waals surface area (Å²) in [5.41, 5.74) is 1.15. The van der Waals surface area contributed by atoms with Gasteiger partial charge in [0.2, 0.25) is 0 Å². The molecule has 2 fully saturated rings. The zero-order chi connectivity index (χ0) is 9.97. The molecule has 3 rings (SSSR count). The van der Waals surface area contributed by atoms with Crippen LogP contribution in [-0.2, 0) is 0 Å². The Balaban J connectivity index is 1.98. The number of hydrogen-bond acceptors (Lipinski definition) is 2. The van der Waals surface area contributed by atoms with Gasteiger partial charge in [-0.25, -0.2) is 0 Å². The summed E-state index contributed by atoms with van der Waals surface area (Å²) < 4.78 is 0. The maximum Gasteiger partial charge on any atom is 0.0836 e. The minimum absolute atomic E-state index is 0.253. The van der Waals surface area contributed by atoms with Crippen molar-refractivity contribution in [3.05, 3.63) is 11.6 Å². The summed E-state index contributed by atoms with van der Waals surface area (Å²) in [6.07, 6.45) is 6.69. The standard InChI is InChI=1S/C12H18O2/c1-11(14)4-9-5-12(6-10(11)12)3-2-8(9)7-13/h4,8,10,13-14H,2-3,5-7H2,1H3. The zero-order valence-corrected chi connectivity index (χ0v) is 8.66. The molecule has 0 saturated heterocycles. The monoisotopic (exact) mass is 194 g/mol. The molecule has 3 aliphatic carbocycles. The molecule has 2 heteroatoms. The third kappa shape index (κ3) is 0.986. The van der Waals surface area contributed by atoms with Crippen molar-refractivity contribution in [3.63, 3.8) is 0 Å². The first kappa shape index (κ1) is 8.93. The van der Waals surface area contributed by atoms with Gasteiger partial charge in [0.1, 0.15) is 0 Å². The van der Waals surface area contributed by atoms with E-state index in [1.54, 1.807) is 0 Å². The molecule has 0 aliphatic heterocycles. The van der Waals surface area contributed by atoms with Crippen molar-refractivity contribution >= 4 is 0 Å². The number of hydrogen-bond donors (Lipinski definition) is 2. The summed E-state index contributed by atoms with van der Waals surface area (Å²) in [7, 11) is 0. The molecule has 3 aliphatic rings. The van der Waals surface area contributed by atoms with Crippen LogP contribution < -0.4 is 0 Å². The number of aliphatic hydroxyl groups excluding tert-OH is 1. The van der Waals surface area contributed by atoms with Gasteiger partial charge in [0.15, 0.2) is 0 Å². The van der Waals surface area contributed by atoms with E-state index in [-0.39, 0.29) is 6.61 Å². The van der Waals surface area contributed by atoms with Crippen molar-refractivity contribution in [2.24, 2.45) is 17.3 Å². The van der Waals surface area contributed by atoms with E-state index in [2.05, 4.69) is 0 Å². The predicted octanol–water partition coefficient (Wildman–Crippen LogP) is 1.48. The summed E-state index contributed by atoms with van der Waals surface area (Å²) in [5.74, 6) is 0.826. The normalized spacial score (nSPS) is 54.9. The van der Waals surface area contributed by atoms with E-state index in [9.17, 15) is 10.2 Å². The molecule has 0 aromatic carbocycles. The van der Waals surface area contributed by atoms with Crippen LogP contribution in [0, 0.1) is 17.3 Å². The largest absolute Gasteiger partial charge is 0.396 e. The number of rotatable bonds is 1. The second-order valence-electron chi connectivity index (χ2n) is 5.66. The predicted molar refractivity (Wildman–Crippen MR) is 53.7 cm³/mol. The Labute approximate surface area is 84.6 Å². The van der Waals surface area contributed by atoms with Crippen LogP contribution in [0.4, 0.5) is 0 Å². The van der Waals surface area contributed by atoms with Crippen molar-refractivity contribution in [2.45, 2.75) is 38.2 Å². The topological polar surface area (TPSA) is 40.5 Å². The summed E-state index contributed by atoms with van der Waals surface area (Å²) in [6, 6.07) is 0. The van der Waals surface area contributed by atoms with Crippen molar-refractivity contribution in [2.75, 3.05) is 6.61 Å². The zero-order valence-electron chi connectivity index (χ0n) is 8.66. The molecule has 4 unspecified atom stereocenters. The quantitative estimate of drug-likeness (QED) is 0.621. The van der Waals surface area contributed by atoms with Crippen molar-refractivity contribution < 1.29 is 10.2 Å². The molecule has 78 valence electrons. The Morgan fingerprint density at radius 1 is 1.57 bits per heavy atom. The molecular weight excluding hydrogens is 176 g/mol. The molecule has 14 heavy (non-hydrogen) atoms. The lowest BCUT2D eigenvalue weighted by atomic mass is 9.68. The molecular formula is C12H18O2.